The Balaban J connectivity index is 2.23. The van der Waals surface area contributed by atoms with E-state index in [1.807, 2.05) is 18.7 Å². The number of hydrogen-bond acceptors (Lipinski definition) is 5. The number of thioether (sulfide) groups is 1. The predicted octanol–water partition coefficient (Wildman–Crippen LogP) is 1.31. The molecule has 0 radical (unpaired) electrons. The van der Waals surface area contributed by atoms with Gasteiger partial charge >= 0.3 is 0 Å². The van der Waals surface area contributed by atoms with Crippen molar-refractivity contribution in [1.29, 1.82) is 0 Å². The van der Waals surface area contributed by atoms with E-state index >= 15 is 0 Å². The number of nitrogens with zero attached hydrogens (tertiary/aromatic N) is 3. The first-order valence-electron chi connectivity index (χ1n) is 5.19. The Hall–Kier alpha value is -0.970. The molecule has 82 valence electrons. The summed E-state index contributed by atoms with van der Waals surface area (Å²) in [4.78, 5) is 10.6. The zero-order valence-electron chi connectivity index (χ0n) is 8.94. The number of rotatable bonds is 1. The molecule has 2 N–H and O–H groups in total. The van der Waals surface area contributed by atoms with E-state index in [0.29, 0.717) is 5.82 Å². The molecule has 0 aromatic carbocycles. The van der Waals surface area contributed by atoms with Crippen molar-refractivity contribution in [2.45, 2.75) is 13.3 Å². The largest absolute Gasteiger partial charge is 0.383 e. The third kappa shape index (κ3) is 2.34. The van der Waals surface area contributed by atoms with Gasteiger partial charge < -0.3 is 10.6 Å². The minimum absolute atomic E-state index is 0.594. The Morgan fingerprint density at radius 3 is 3.07 bits per heavy atom. The number of nitrogens with two attached hydrogens (primary N) is 1. The van der Waals surface area contributed by atoms with Gasteiger partial charge in [0.2, 0.25) is 0 Å². The smallest absolute Gasteiger partial charge is 0.137 e. The van der Waals surface area contributed by atoms with Crippen LogP contribution in [0.25, 0.3) is 0 Å². The zero-order valence-corrected chi connectivity index (χ0v) is 9.76. The van der Waals surface area contributed by atoms with E-state index in [0.717, 1.165) is 24.5 Å². The number of anilines is 2. The van der Waals surface area contributed by atoms with Crippen LogP contribution in [0.4, 0.5) is 11.6 Å². The first-order valence-corrected chi connectivity index (χ1v) is 6.34. The molecule has 2 heterocycles. The lowest BCUT2D eigenvalue weighted by Crippen LogP contribution is -2.27. The van der Waals surface area contributed by atoms with Crippen molar-refractivity contribution < 1.29 is 0 Å². The molecule has 1 aliphatic heterocycles. The van der Waals surface area contributed by atoms with Gasteiger partial charge in [0.05, 0.1) is 0 Å². The molecule has 0 unspecified atom stereocenters. The van der Waals surface area contributed by atoms with E-state index in [4.69, 9.17) is 5.73 Å². The van der Waals surface area contributed by atoms with Crippen LogP contribution < -0.4 is 10.6 Å². The molecular weight excluding hydrogens is 208 g/mol. The van der Waals surface area contributed by atoms with Crippen molar-refractivity contribution in [1.82, 2.24) is 9.97 Å². The first-order chi connectivity index (χ1) is 7.29. The lowest BCUT2D eigenvalue weighted by Gasteiger charge is -2.22. The second-order valence-corrected chi connectivity index (χ2v) is 4.89. The van der Waals surface area contributed by atoms with Crippen LogP contribution >= 0.6 is 11.8 Å². The average Bonchev–Trinajstić information content (AvgIpc) is 2.50. The van der Waals surface area contributed by atoms with Crippen molar-refractivity contribution in [2.75, 3.05) is 35.2 Å². The summed E-state index contributed by atoms with van der Waals surface area (Å²) in [6.45, 7) is 4.12. The van der Waals surface area contributed by atoms with Gasteiger partial charge in [0.25, 0.3) is 0 Å². The maximum absolute atomic E-state index is 5.78. The minimum Gasteiger partial charge on any atom is -0.383 e. The Labute approximate surface area is 94.3 Å². The summed E-state index contributed by atoms with van der Waals surface area (Å²) in [5, 5.41) is 0. The van der Waals surface area contributed by atoms with Gasteiger partial charge in [0.1, 0.15) is 18.0 Å². The van der Waals surface area contributed by atoms with E-state index < -0.39 is 0 Å². The number of nitrogen functional groups attached to an aromatic ring is 1. The SMILES string of the molecule is Cc1c(N)ncnc1N1CCCSCC1. The Bertz CT molecular complexity index is 334. The van der Waals surface area contributed by atoms with E-state index in [-0.39, 0.29) is 0 Å². The third-order valence-electron chi connectivity index (χ3n) is 2.62. The van der Waals surface area contributed by atoms with Crippen LogP contribution in [0.2, 0.25) is 0 Å². The summed E-state index contributed by atoms with van der Waals surface area (Å²) in [5.74, 6) is 4.02. The second kappa shape index (κ2) is 4.70. The molecule has 1 saturated heterocycles. The molecule has 1 fully saturated rings. The molecule has 1 aliphatic rings. The molecule has 2 rings (SSSR count). The highest BCUT2D eigenvalue weighted by atomic mass is 32.2. The summed E-state index contributed by atoms with van der Waals surface area (Å²) in [7, 11) is 0. The van der Waals surface area contributed by atoms with E-state index in [2.05, 4.69) is 14.9 Å². The van der Waals surface area contributed by atoms with Gasteiger partial charge in [-0.2, -0.15) is 11.8 Å². The maximum Gasteiger partial charge on any atom is 0.137 e. The highest BCUT2D eigenvalue weighted by molar-refractivity contribution is 7.99. The van der Waals surface area contributed by atoms with Crippen molar-refractivity contribution in [3.63, 3.8) is 0 Å². The van der Waals surface area contributed by atoms with Crippen LogP contribution in [0.1, 0.15) is 12.0 Å². The number of aromatic nitrogens is 2. The number of hydrogen-bond donors (Lipinski definition) is 1. The van der Waals surface area contributed by atoms with Gasteiger partial charge in [-0.05, 0) is 19.1 Å². The van der Waals surface area contributed by atoms with Gasteiger partial charge in [0, 0.05) is 24.4 Å². The van der Waals surface area contributed by atoms with Gasteiger partial charge in [-0.15, -0.1) is 0 Å². The van der Waals surface area contributed by atoms with E-state index in [9.17, 15) is 0 Å². The lowest BCUT2D eigenvalue weighted by atomic mass is 10.3. The zero-order chi connectivity index (χ0) is 10.7. The molecule has 15 heavy (non-hydrogen) atoms. The highest BCUT2D eigenvalue weighted by Gasteiger charge is 2.14. The fourth-order valence-electron chi connectivity index (χ4n) is 1.73. The normalized spacial score (nSPS) is 17.5. The summed E-state index contributed by atoms with van der Waals surface area (Å²) in [5.41, 5.74) is 6.79. The van der Waals surface area contributed by atoms with Gasteiger partial charge in [-0.25, -0.2) is 9.97 Å². The summed E-state index contributed by atoms with van der Waals surface area (Å²) in [6, 6.07) is 0. The molecule has 0 saturated carbocycles. The van der Waals surface area contributed by atoms with Gasteiger partial charge in [-0.3, -0.25) is 0 Å². The fourth-order valence-corrected chi connectivity index (χ4v) is 2.62. The van der Waals surface area contributed by atoms with Crippen LogP contribution in [0.15, 0.2) is 6.33 Å². The van der Waals surface area contributed by atoms with Crippen LogP contribution in [0.5, 0.6) is 0 Å². The molecule has 5 heteroatoms. The maximum atomic E-state index is 5.78. The van der Waals surface area contributed by atoms with Crippen molar-refractivity contribution in [3.05, 3.63) is 11.9 Å². The quantitative estimate of drug-likeness (QED) is 0.779. The minimum atomic E-state index is 0.594. The first kappa shape index (κ1) is 10.5. The topological polar surface area (TPSA) is 55.0 Å². The summed E-state index contributed by atoms with van der Waals surface area (Å²) in [6.07, 6.45) is 2.77. The van der Waals surface area contributed by atoms with Gasteiger partial charge in [-0.1, -0.05) is 0 Å². The summed E-state index contributed by atoms with van der Waals surface area (Å²) < 4.78 is 0. The fraction of sp³-hybridized carbons (Fsp3) is 0.600. The average molecular weight is 224 g/mol. The van der Waals surface area contributed by atoms with Crippen LogP contribution in [-0.2, 0) is 0 Å². The Morgan fingerprint density at radius 2 is 2.20 bits per heavy atom. The van der Waals surface area contributed by atoms with Crippen LogP contribution in [-0.4, -0.2) is 34.6 Å². The molecule has 1 aromatic heterocycles. The van der Waals surface area contributed by atoms with Crippen LogP contribution in [0, 0.1) is 6.92 Å². The third-order valence-corrected chi connectivity index (χ3v) is 3.67. The molecule has 0 aliphatic carbocycles. The standard InChI is InChI=1S/C10H16N4S/c1-8-9(11)12-7-13-10(8)14-3-2-5-15-6-4-14/h7H,2-6H2,1H3,(H2,11,12,13). The van der Waals surface area contributed by atoms with E-state index in [1.54, 1.807) is 6.33 Å². The highest BCUT2D eigenvalue weighted by Crippen LogP contribution is 2.22. The Kier molecular flexibility index (Phi) is 3.30. The molecule has 0 atom stereocenters. The second-order valence-electron chi connectivity index (χ2n) is 3.66. The molecule has 0 spiro atoms. The Morgan fingerprint density at radius 1 is 1.33 bits per heavy atom. The monoisotopic (exact) mass is 224 g/mol. The molecular formula is C10H16N4S. The lowest BCUT2D eigenvalue weighted by molar-refractivity contribution is 0.794. The van der Waals surface area contributed by atoms with Crippen molar-refractivity contribution >= 4 is 23.4 Å². The summed E-state index contributed by atoms with van der Waals surface area (Å²) >= 11 is 2.01. The molecule has 0 amide bonds. The predicted molar refractivity (Wildman–Crippen MR) is 65.3 cm³/mol. The van der Waals surface area contributed by atoms with Crippen molar-refractivity contribution in [3.8, 4) is 0 Å². The van der Waals surface area contributed by atoms with Crippen LogP contribution in [0.3, 0.4) is 0 Å². The van der Waals surface area contributed by atoms with Gasteiger partial charge in [0.15, 0.2) is 0 Å². The molecule has 1 aromatic rings. The molecule has 0 bridgehead atoms. The van der Waals surface area contributed by atoms with Crippen molar-refractivity contribution in [2.24, 2.45) is 0 Å². The molecule has 4 nitrogen and oxygen atoms in total. The van der Waals surface area contributed by atoms with E-state index in [1.165, 1.54) is 17.9 Å².